The minimum absolute atomic E-state index is 0.0878. The number of hydrogen-bond acceptors (Lipinski definition) is 3. The van der Waals surface area contributed by atoms with Crippen LogP contribution in [0.3, 0.4) is 0 Å². The number of benzene rings is 2. The molecule has 1 aliphatic heterocycles. The molecule has 1 heterocycles. The summed E-state index contributed by atoms with van der Waals surface area (Å²) in [6, 6.07) is 16.5. The highest BCUT2D eigenvalue weighted by Crippen LogP contribution is 2.25. The summed E-state index contributed by atoms with van der Waals surface area (Å²) >= 11 is 0. The summed E-state index contributed by atoms with van der Waals surface area (Å²) in [6.07, 6.45) is 1.39. The monoisotopic (exact) mass is 386 g/mol. The zero-order valence-corrected chi connectivity index (χ0v) is 16.6. The summed E-state index contributed by atoms with van der Waals surface area (Å²) in [5, 5.41) is 3.02. The van der Waals surface area contributed by atoms with E-state index < -0.39 is 10.0 Å². The van der Waals surface area contributed by atoms with Crippen molar-refractivity contribution in [3.05, 3.63) is 65.7 Å². The number of piperidine rings is 1. The second kappa shape index (κ2) is 8.23. The van der Waals surface area contributed by atoms with Crippen LogP contribution in [0.5, 0.6) is 0 Å². The van der Waals surface area contributed by atoms with Crippen molar-refractivity contribution in [2.75, 3.05) is 13.1 Å². The van der Waals surface area contributed by atoms with Crippen molar-refractivity contribution < 1.29 is 13.2 Å². The van der Waals surface area contributed by atoms with E-state index in [0.29, 0.717) is 19.4 Å². The van der Waals surface area contributed by atoms with Gasteiger partial charge in [0.05, 0.1) is 16.9 Å². The number of amides is 1. The summed E-state index contributed by atoms with van der Waals surface area (Å²) in [5.41, 5.74) is 2.05. The van der Waals surface area contributed by atoms with Crippen molar-refractivity contribution in [2.24, 2.45) is 5.92 Å². The van der Waals surface area contributed by atoms with Crippen LogP contribution >= 0.6 is 0 Å². The summed E-state index contributed by atoms with van der Waals surface area (Å²) in [6.45, 7) is 4.54. The molecule has 0 radical (unpaired) electrons. The van der Waals surface area contributed by atoms with Crippen molar-refractivity contribution in [2.45, 2.75) is 37.6 Å². The van der Waals surface area contributed by atoms with Crippen molar-refractivity contribution in [1.29, 1.82) is 0 Å². The third kappa shape index (κ3) is 4.57. The number of hydrogen-bond donors (Lipinski definition) is 1. The predicted octanol–water partition coefficient (Wildman–Crippen LogP) is 3.27. The first kappa shape index (κ1) is 19.6. The number of carbonyl (C=O) groups excluding carboxylic acids is 1. The lowest BCUT2D eigenvalue weighted by Gasteiger charge is -2.32. The first-order valence-corrected chi connectivity index (χ1v) is 10.7. The number of rotatable bonds is 5. The second-order valence-electron chi connectivity index (χ2n) is 7.16. The van der Waals surface area contributed by atoms with Crippen molar-refractivity contribution in [3.8, 4) is 0 Å². The predicted molar refractivity (Wildman–Crippen MR) is 106 cm³/mol. The fourth-order valence-electron chi connectivity index (χ4n) is 3.39. The molecule has 1 fully saturated rings. The van der Waals surface area contributed by atoms with Gasteiger partial charge in [0, 0.05) is 13.1 Å². The molecule has 0 unspecified atom stereocenters. The molecule has 6 heteroatoms. The average molecular weight is 387 g/mol. The normalized spacial score (nSPS) is 19.4. The van der Waals surface area contributed by atoms with Crippen LogP contribution in [0.15, 0.2) is 59.5 Å². The Labute approximate surface area is 161 Å². The molecule has 0 bridgehead atoms. The largest absolute Gasteiger partial charge is 0.349 e. The Morgan fingerprint density at radius 1 is 1.11 bits per heavy atom. The zero-order valence-electron chi connectivity index (χ0n) is 15.8. The minimum Gasteiger partial charge on any atom is -0.349 e. The first-order valence-electron chi connectivity index (χ1n) is 9.30. The van der Waals surface area contributed by atoms with Crippen molar-refractivity contribution in [3.63, 3.8) is 0 Å². The Balaban J connectivity index is 1.68. The maximum Gasteiger partial charge on any atom is 0.243 e. The molecule has 1 amide bonds. The molecule has 2 atom stereocenters. The van der Waals surface area contributed by atoms with Crippen LogP contribution in [0, 0.1) is 12.8 Å². The van der Waals surface area contributed by atoms with E-state index in [-0.39, 0.29) is 29.3 Å². The Hall–Kier alpha value is -2.18. The van der Waals surface area contributed by atoms with Gasteiger partial charge in [0.25, 0.3) is 0 Å². The lowest BCUT2D eigenvalue weighted by molar-refractivity contribution is -0.126. The third-order valence-corrected chi connectivity index (χ3v) is 6.95. The van der Waals surface area contributed by atoms with Gasteiger partial charge < -0.3 is 5.32 Å². The molecule has 2 aromatic carbocycles. The van der Waals surface area contributed by atoms with Gasteiger partial charge in [-0.25, -0.2) is 8.42 Å². The number of aryl methyl sites for hydroxylation is 1. The van der Waals surface area contributed by atoms with Gasteiger partial charge >= 0.3 is 0 Å². The van der Waals surface area contributed by atoms with Crippen LogP contribution in [0.1, 0.15) is 36.9 Å². The van der Waals surface area contributed by atoms with Gasteiger partial charge in [0.2, 0.25) is 15.9 Å². The highest BCUT2D eigenvalue weighted by molar-refractivity contribution is 7.89. The second-order valence-corrected chi connectivity index (χ2v) is 9.09. The van der Waals surface area contributed by atoms with Crippen LogP contribution in [-0.2, 0) is 14.8 Å². The van der Waals surface area contributed by atoms with Gasteiger partial charge in [0.1, 0.15) is 0 Å². The van der Waals surface area contributed by atoms with E-state index in [9.17, 15) is 13.2 Å². The fraction of sp³-hybridized carbons (Fsp3) is 0.381. The molecule has 2 aromatic rings. The van der Waals surface area contributed by atoms with E-state index in [1.54, 1.807) is 24.3 Å². The SMILES string of the molecule is Cc1ccc(S(=O)(=O)N2CCC[C@@H](C(=O)N[C@H](C)c3ccccc3)C2)cc1. The molecule has 27 heavy (non-hydrogen) atoms. The van der Waals surface area contributed by atoms with Gasteiger partial charge in [-0.2, -0.15) is 4.31 Å². The van der Waals surface area contributed by atoms with Crippen LogP contribution in [-0.4, -0.2) is 31.7 Å². The topological polar surface area (TPSA) is 66.5 Å². The Kier molecular flexibility index (Phi) is 5.97. The Bertz CT molecular complexity index is 879. The van der Waals surface area contributed by atoms with Gasteiger partial charge in [0.15, 0.2) is 0 Å². The highest BCUT2D eigenvalue weighted by atomic mass is 32.2. The molecule has 1 aliphatic rings. The molecule has 1 N–H and O–H groups in total. The van der Waals surface area contributed by atoms with E-state index in [1.807, 2.05) is 44.2 Å². The van der Waals surface area contributed by atoms with Gasteiger partial charge in [-0.1, -0.05) is 48.0 Å². The number of nitrogens with zero attached hydrogens (tertiary/aromatic N) is 1. The molecule has 0 spiro atoms. The highest BCUT2D eigenvalue weighted by Gasteiger charge is 2.33. The van der Waals surface area contributed by atoms with Crippen molar-refractivity contribution in [1.82, 2.24) is 9.62 Å². The fourth-order valence-corrected chi connectivity index (χ4v) is 4.91. The summed E-state index contributed by atoms with van der Waals surface area (Å²) < 4.78 is 27.3. The van der Waals surface area contributed by atoms with Crippen LogP contribution in [0.4, 0.5) is 0 Å². The lowest BCUT2D eigenvalue weighted by Crippen LogP contribution is -2.45. The Morgan fingerprint density at radius 3 is 2.44 bits per heavy atom. The van der Waals surface area contributed by atoms with Crippen LogP contribution in [0.25, 0.3) is 0 Å². The summed E-state index contributed by atoms with van der Waals surface area (Å²) in [5.74, 6) is -0.416. The number of carbonyl (C=O) groups is 1. The van der Waals surface area contributed by atoms with Gasteiger partial charge in [-0.3, -0.25) is 4.79 Å². The lowest BCUT2D eigenvalue weighted by atomic mass is 9.98. The van der Waals surface area contributed by atoms with E-state index >= 15 is 0 Å². The molecular formula is C21H26N2O3S. The minimum atomic E-state index is -3.57. The molecule has 1 saturated heterocycles. The molecule has 0 saturated carbocycles. The average Bonchev–Trinajstić information content (AvgIpc) is 2.69. The molecule has 5 nitrogen and oxygen atoms in total. The molecule has 0 aromatic heterocycles. The molecule has 144 valence electrons. The zero-order chi connectivity index (χ0) is 19.4. The van der Waals surface area contributed by atoms with E-state index in [4.69, 9.17) is 0 Å². The van der Waals surface area contributed by atoms with Gasteiger partial charge in [-0.05, 0) is 44.4 Å². The first-order chi connectivity index (χ1) is 12.9. The standard InChI is InChI=1S/C21H26N2O3S/c1-16-10-12-20(13-11-16)27(25,26)23-14-6-9-19(15-23)21(24)22-17(2)18-7-4-3-5-8-18/h3-5,7-8,10-13,17,19H,6,9,14-15H2,1-2H3,(H,22,24)/t17-,19-/m1/s1. The van der Waals surface area contributed by atoms with Crippen LogP contribution in [0.2, 0.25) is 0 Å². The molecule has 0 aliphatic carbocycles. The summed E-state index contributed by atoms with van der Waals surface area (Å²) in [7, 11) is -3.57. The smallest absolute Gasteiger partial charge is 0.243 e. The van der Waals surface area contributed by atoms with Crippen LogP contribution < -0.4 is 5.32 Å². The van der Waals surface area contributed by atoms with E-state index in [0.717, 1.165) is 11.1 Å². The maximum absolute atomic E-state index is 12.9. The van der Waals surface area contributed by atoms with Gasteiger partial charge in [-0.15, -0.1) is 0 Å². The quantitative estimate of drug-likeness (QED) is 0.858. The Morgan fingerprint density at radius 2 is 1.78 bits per heavy atom. The maximum atomic E-state index is 12.9. The number of sulfonamides is 1. The molecule has 3 rings (SSSR count). The van der Waals surface area contributed by atoms with Crippen molar-refractivity contribution >= 4 is 15.9 Å². The van der Waals surface area contributed by atoms with E-state index in [1.165, 1.54) is 4.31 Å². The summed E-state index contributed by atoms with van der Waals surface area (Å²) in [4.78, 5) is 13.0. The number of nitrogens with one attached hydrogen (secondary N) is 1. The van der Waals surface area contributed by atoms with E-state index in [2.05, 4.69) is 5.32 Å². The third-order valence-electron chi connectivity index (χ3n) is 5.07. The molecular weight excluding hydrogens is 360 g/mol.